The molecule has 17 heavy (non-hydrogen) atoms. The van der Waals surface area contributed by atoms with Crippen LogP contribution in [0.1, 0.15) is 31.7 Å². The highest BCUT2D eigenvalue weighted by Crippen LogP contribution is 2.08. The van der Waals surface area contributed by atoms with E-state index in [2.05, 4.69) is 17.6 Å². The lowest BCUT2D eigenvalue weighted by Gasteiger charge is -2.07. The number of anilines is 1. The molecule has 0 aliphatic rings. The lowest BCUT2D eigenvalue weighted by atomic mass is 10.2. The predicted octanol–water partition coefficient (Wildman–Crippen LogP) is 2.87. The summed E-state index contributed by atoms with van der Waals surface area (Å²) in [6.07, 6.45) is 3.26. The van der Waals surface area contributed by atoms with E-state index in [0.717, 1.165) is 19.3 Å². The molecule has 2 amide bonds. The van der Waals surface area contributed by atoms with Crippen molar-refractivity contribution in [2.75, 3.05) is 11.9 Å². The second kappa shape index (κ2) is 7.29. The molecule has 0 aliphatic carbocycles. The summed E-state index contributed by atoms with van der Waals surface area (Å²) in [5.41, 5.74) is 1.27. The van der Waals surface area contributed by atoms with Gasteiger partial charge in [0.05, 0.1) is 11.6 Å². The molecular weight excluding hydrogens is 214 g/mol. The van der Waals surface area contributed by atoms with Gasteiger partial charge in [0, 0.05) is 12.2 Å². The Morgan fingerprint density at radius 2 is 2.00 bits per heavy atom. The zero-order valence-electron chi connectivity index (χ0n) is 9.99. The molecule has 1 rings (SSSR count). The summed E-state index contributed by atoms with van der Waals surface area (Å²) in [7, 11) is 0. The molecule has 0 aliphatic heterocycles. The summed E-state index contributed by atoms with van der Waals surface area (Å²) in [5, 5.41) is 14.1. The van der Waals surface area contributed by atoms with Crippen molar-refractivity contribution in [1.29, 1.82) is 5.26 Å². The van der Waals surface area contributed by atoms with Crippen LogP contribution in [0, 0.1) is 11.3 Å². The third-order valence-electron chi connectivity index (χ3n) is 2.34. The molecule has 0 saturated heterocycles. The molecule has 0 unspecified atom stereocenters. The maximum absolute atomic E-state index is 11.4. The number of rotatable bonds is 5. The largest absolute Gasteiger partial charge is 0.338 e. The van der Waals surface area contributed by atoms with Crippen LogP contribution >= 0.6 is 0 Å². The molecule has 2 N–H and O–H groups in total. The molecule has 0 atom stereocenters. The van der Waals surface area contributed by atoms with E-state index in [1.165, 1.54) is 0 Å². The normalized spacial score (nSPS) is 9.41. The number of urea groups is 1. The summed E-state index contributed by atoms with van der Waals surface area (Å²) in [6.45, 7) is 2.81. The highest BCUT2D eigenvalue weighted by Gasteiger charge is 2.00. The minimum atomic E-state index is -0.203. The number of hydrogen-bond donors (Lipinski definition) is 2. The molecule has 1 aromatic carbocycles. The Morgan fingerprint density at radius 3 is 2.59 bits per heavy atom. The van der Waals surface area contributed by atoms with Gasteiger partial charge in [0.25, 0.3) is 0 Å². The monoisotopic (exact) mass is 231 g/mol. The fraction of sp³-hybridized carbons (Fsp3) is 0.385. The van der Waals surface area contributed by atoms with E-state index in [4.69, 9.17) is 5.26 Å². The lowest BCUT2D eigenvalue weighted by molar-refractivity contribution is 0.252. The van der Waals surface area contributed by atoms with Crippen LogP contribution in [0.2, 0.25) is 0 Å². The fourth-order valence-electron chi connectivity index (χ4n) is 1.38. The van der Waals surface area contributed by atoms with Crippen molar-refractivity contribution in [3.63, 3.8) is 0 Å². The van der Waals surface area contributed by atoms with Gasteiger partial charge in [-0.25, -0.2) is 4.79 Å². The van der Waals surface area contributed by atoms with E-state index in [9.17, 15) is 4.79 Å². The third-order valence-corrected chi connectivity index (χ3v) is 2.34. The standard InChI is InChI=1S/C13H17N3O/c1-2-3-4-9-15-13(17)16-12-7-5-11(10-14)6-8-12/h5-8H,2-4,9H2,1H3,(H2,15,16,17). The number of nitriles is 1. The van der Waals surface area contributed by atoms with Gasteiger partial charge in [-0.15, -0.1) is 0 Å². The molecule has 0 saturated carbocycles. The number of nitrogens with one attached hydrogen (secondary N) is 2. The van der Waals surface area contributed by atoms with E-state index in [0.29, 0.717) is 17.8 Å². The molecule has 4 heteroatoms. The van der Waals surface area contributed by atoms with Crippen LogP contribution < -0.4 is 10.6 Å². The number of unbranched alkanes of at least 4 members (excludes halogenated alkanes) is 2. The Balaban J connectivity index is 2.32. The second-order valence-electron chi connectivity index (χ2n) is 3.78. The van der Waals surface area contributed by atoms with Gasteiger partial charge >= 0.3 is 6.03 Å². The molecule has 0 spiro atoms. The van der Waals surface area contributed by atoms with E-state index >= 15 is 0 Å². The molecule has 0 heterocycles. The fourth-order valence-corrected chi connectivity index (χ4v) is 1.38. The minimum absolute atomic E-state index is 0.203. The first-order valence-corrected chi connectivity index (χ1v) is 5.81. The first-order valence-electron chi connectivity index (χ1n) is 5.81. The van der Waals surface area contributed by atoms with Gasteiger partial charge in [-0.2, -0.15) is 5.26 Å². The zero-order chi connectivity index (χ0) is 12.5. The number of nitrogens with zero attached hydrogens (tertiary/aromatic N) is 1. The summed E-state index contributed by atoms with van der Waals surface area (Å²) in [5.74, 6) is 0. The Labute approximate surface area is 102 Å². The van der Waals surface area contributed by atoms with Crippen LogP contribution in [0.25, 0.3) is 0 Å². The Kier molecular flexibility index (Phi) is 5.59. The van der Waals surface area contributed by atoms with Crippen LogP contribution in [0.4, 0.5) is 10.5 Å². The molecule has 0 fully saturated rings. The van der Waals surface area contributed by atoms with Crippen molar-refractivity contribution < 1.29 is 4.79 Å². The third kappa shape index (κ3) is 5.03. The van der Waals surface area contributed by atoms with Crippen molar-refractivity contribution in [3.05, 3.63) is 29.8 Å². The topological polar surface area (TPSA) is 64.9 Å². The number of hydrogen-bond acceptors (Lipinski definition) is 2. The van der Waals surface area contributed by atoms with Gasteiger partial charge in [0.15, 0.2) is 0 Å². The molecule has 0 radical (unpaired) electrons. The van der Waals surface area contributed by atoms with Gasteiger partial charge in [-0.05, 0) is 30.7 Å². The van der Waals surface area contributed by atoms with Gasteiger partial charge in [-0.1, -0.05) is 19.8 Å². The maximum Gasteiger partial charge on any atom is 0.319 e. The van der Waals surface area contributed by atoms with Crippen molar-refractivity contribution >= 4 is 11.7 Å². The quantitative estimate of drug-likeness (QED) is 0.765. The molecule has 1 aromatic rings. The van der Waals surface area contributed by atoms with E-state index < -0.39 is 0 Å². The van der Waals surface area contributed by atoms with E-state index in [1.807, 2.05) is 6.07 Å². The molecular formula is C13H17N3O. The van der Waals surface area contributed by atoms with Crippen LogP contribution in [0.3, 0.4) is 0 Å². The van der Waals surface area contributed by atoms with E-state index in [-0.39, 0.29) is 6.03 Å². The van der Waals surface area contributed by atoms with Crippen molar-refractivity contribution in [1.82, 2.24) is 5.32 Å². The first-order chi connectivity index (χ1) is 8.26. The highest BCUT2D eigenvalue weighted by atomic mass is 16.2. The smallest absolute Gasteiger partial charge is 0.319 e. The maximum atomic E-state index is 11.4. The van der Waals surface area contributed by atoms with Crippen LogP contribution in [-0.4, -0.2) is 12.6 Å². The average Bonchev–Trinajstić information content (AvgIpc) is 2.36. The van der Waals surface area contributed by atoms with Crippen molar-refractivity contribution in [2.45, 2.75) is 26.2 Å². The first kappa shape index (κ1) is 13.0. The van der Waals surface area contributed by atoms with Gasteiger partial charge in [0.2, 0.25) is 0 Å². The molecule has 90 valence electrons. The lowest BCUT2D eigenvalue weighted by Crippen LogP contribution is -2.29. The van der Waals surface area contributed by atoms with E-state index in [1.54, 1.807) is 24.3 Å². The molecule has 0 aromatic heterocycles. The summed E-state index contributed by atoms with van der Waals surface area (Å²) < 4.78 is 0. The number of benzene rings is 1. The van der Waals surface area contributed by atoms with Crippen molar-refractivity contribution in [3.8, 4) is 6.07 Å². The predicted molar refractivity (Wildman–Crippen MR) is 67.7 cm³/mol. The average molecular weight is 231 g/mol. The SMILES string of the molecule is CCCCCNC(=O)Nc1ccc(C#N)cc1. The van der Waals surface area contributed by atoms with Gasteiger partial charge in [0.1, 0.15) is 0 Å². The Bertz CT molecular complexity index is 392. The second-order valence-corrected chi connectivity index (χ2v) is 3.78. The van der Waals surface area contributed by atoms with Crippen LogP contribution in [0.5, 0.6) is 0 Å². The van der Waals surface area contributed by atoms with Crippen LogP contribution in [0.15, 0.2) is 24.3 Å². The number of carbonyl (C=O) groups excluding carboxylic acids is 1. The Hall–Kier alpha value is -2.02. The number of carbonyl (C=O) groups is 1. The Morgan fingerprint density at radius 1 is 1.29 bits per heavy atom. The minimum Gasteiger partial charge on any atom is -0.338 e. The van der Waals surface area contributed by atoms with Crippen molar-refractivity contribution in [2.24, 2.45) is 0 Å². The van der Waals surface area contributed by atoms with Gasteiger partial charge in [-0.3, -0.25) is 0 Å². The summed E-state index contributed by atoms with van der Waals surface area (Å²) in [4.78, 5) is 11.4. The summed E-state index contributed by atoms with van der Waals surface area (Å²) >= 11 is 0. The van der Waals surface area contributed by atoms with Gasteiger partial charge < -0.3 is 10.6 Å². The molecule has 0 bridgehead atoms. The number of amides is 2. The van der Waals surface area contributed by atoms with Crippen LogP contribution in [-0.2, 0) is 0 Å². The molecule has 4 nitrogen and oxygen atoms in total. The highest BCUT2D eigenvalue weighted by molar-refractivity contribution is 5.89. The summed E-state index contributed by atoms with van der Waals surface area (Å²) in [6, 6.07) is 8.60. The zero-order valence-corrected chi connectivity index (χ0v) is 9.99.